The average molecular weight is 351 g/mol. The number of nitrogens with one attached hydrogen (secondary N) is 1. The molecule has 0 aromatic heterocycles. The molecule has 0 aliphatic heterocycles. The highest BCUT2D eigenvalue weighted by atomic mass is 35.5. The third-order valence-corrected chi connectivity index (χ3v) is 5.56. The van der Waals surface area contributed by atoms with Crippen molar-refractivity contribution in [3.63, 3.8) is 0 Å². The summed E-state index contributed by atoms with van der Waals surface area (Å²) in [4.78, 5) is 0.0599. The lowest BCUT2D eigenvalue weighted by Crippen LogP contribution is -2.53. The minimum atomic E-state index is -3.75. The fourth-order valence-electron chi connectivity index (χ4n) is 2.37. The van der Waals surface area contributed by atoms with Crippen LogP contribution < -0.4 is 19.9 Å². The molecule has 0 bridgehead atoms. The quantitative estimate of drug-likeness (QED) is 0.778. The zero-order valence-electron chi connectivity index (χ0n) is 13.0. The second-order valence-electron chi connectivity index (χ2n) is 5.52. The van der Waals surface area contributed by atoms with Gasteiger partial charge in [-0.15, -0.1) is 12.4 Å². The molecule has 1 fully saturated rings. The second-order valence-corrected chi connectivity index (χ2v) is 7.17. The number of hydrogen-bond donors (Lipinski definition) is 2. The van der Waals surface area contributed by atoms with Crippen molar-refractivity contribution in [1.29, 1.82) is 0 Å². The van der Waals surface area contributed by atoms with Gasteiger partial charge in [0, 0.05) is 18.2 Å². The van der Waals surface area contributed by atoms with Gasteiger partial charge in [0.05, 0.1) is 14.2 Å². The van der Waals surface area contributed by atoms with Gasteiger partial charge in [0.25, 0.3) is 0 Å². The number of methoxy groups -OCH3 is 2. The molecule has 1 aromatic rings. The average Bonchev–Trinajstić information content (AvgIpc) is 3.31. The van der Waals surface area contributed by atoms with Gasteiger partial charge in [0.2, 0.25) is 10.0 Å². The molecule has 126 valence electrons. The summed E-state index contributed by atoms with van der Waals surface area (Å²) in [5.74, 6) is 1.02. The van der Waals surface area contributed by atoms with Crippen LogP contribution in [0.3, 0.4) is 0 Å². The summed E-state index contributed by atoms with van der Waals surface area (Å²) in [6.07, 6.45) is 1.98. The summed E-state index contributed by atoms with van der Waals surface area (Å²) in [7, 11) is -0.825. The Morgan fingerprint density at radius 1 is 1.32 bits per heavy atom. The molecule has 1 aliphatic rings. The summed E-state index contributed by atoms with van der Waals surface area (Å²) in [5, 5.41) is 0. The van der Waals surface area contributed by atoms with Gasteiger partial charge < -0.3 is 15.2 Å². The zero-order chi connectivity index (χ0) is 15.7. The Labute approximate surface area is 137 Å². The molecule has 8 heteroatoms. The van der Waals surface area contributed by atoms with E-state index in [-0.39, 0.29) is 35.5 Å². The maximum absolute atomic E-state index is 12.7. The molecule has 2 rings (SSSR count). The Morgan fingerprint density at radius 2 is 1.95 bits per heavy atom. The van der Waals surface area contributed by atoms with Crippen LogP contribution in [-0.2, 0) is 10.0 Å². The Hall–Kier alpha value is -1.02. The van der Waals surface area contributed by atoms with Crippen LogP contribution >= 0.6 is 12.4 Å². The van der Waals surface area contributed by atoms with Gasteiger partial charge in [-0.25, -0.2) is 13.1 Å². The van der Waals surface area contributed by atoms with Crippen LogP contribution in [0.2, 0.25) is 0 Å². The van der Waals surface area contributed by atoms with E-state index in [0.717, 1.165) is 12.8 Å². The van der Waals surface area contributed by atoms with Crippen molar-refractivity contribution in [2.45, 2.75) is 30.2 Å². The second kappa shape index (κ2) is 7.04. The molecule has 0 amide bonds. The molecular formula is C14H23ClN2O4S. The lowest BCUT2D eigenvalue weighted by Gasteiger charge is -2.29. The lowest BCUT2D eigenvalue weighted by molar-refractivity contribution is 0.369. The summed E-state index contributed by atoms with van der Waals surface area (Å²) in [6, 6.07) is 4.68. The summed E-state index contributed by atoms with van der Waals surface area (Å²) >= 11 is 0. The molecule has 0 heterocycles. The molecular weight excluding hydrogens is 328 g/mol. The molecule has 22 heavy (non-hydrogen) atoms. The van der Waals surface area contributed by atoms with Crippen molar-refractivity contribution in [1.82, 2.24) is 4.72 Å². The minimum Gasteiger partial charge on any atom is -0.497 e. The number of hydrogen-bond acceptors (Lipinski definition) is 5. The number of ether oxygens (including phenoxy) is 2. The molecule has 1 unspecified atom stereocenters. The van der Waals surface area contributed by atoms with Crippen molar-refractivity contribution in [3.05, 3.63) is 18.2 Å². The van der Waals surface area contributed by atoms with Crippen molar-refractivity contribution in [2.24, 2.45) is 11.7 Å². The largest absolute Gasteiger partial charge is 0.497 e. The normalized spacial score (nSPS) is 17.3. The number of rotatable bonds is 7. The van der Waals surface area contributed by atoms with E-state index < -0.39 is 15.6 Å². The van der Waals surface area contributed by atoms with Gasteiger partial charge in [0.1, 0.15) is 16.4 Å². The Kier molecular flexibility index (Phi) is 6.09. The standard InChI is InChI=1S/C14H22N2O4S.ClH/c1-14(9-15,10-4-5-10)16-21(17,18)13-8-11(19-2)6-7-12(13)20-3;/h6-8,10,16H,4-5,9,15H2,1-3H3;1H. The Balaban J connectivity index is 0.00000242. The maximum atomic E-state index is 12.7. The number of sulfonamides is 1. The third kappa shape index (κ3) is 3.84. The predicted molar refractivity (Wildman–Crippen MR) is 87.3 cm³/mol. The first-order valence-electron chi connectivity index (χ1n) is 6.82. The van der Waals surface area contributed by atoms with Gasteiger partial charge in [-0.2, -0.15) is 0 Å². The SMILES string of the molecule is COc1ccc(OC)c(S(=O)(=O)NC(C)(CN)C2CC2)c1.Cl. The first-order chi connectivity index (χ1) is 9.86. The van der Waals surface area contributed by atoms with Crippen LogP contribution in [0.25, 0.3) is 0 Å². The molecule has 1 aromatic carbocycles. The highest BCUT2D eigenvalue weighted by molar-refractivity contribution is 7.89. The van der Waals surface area contributed by atoms with E-state index in [1.807, 2.05) is 6.92 Å². The van der Waals surface area contributed by atoms with E-state index in [4.69, 9.17) is 15.2 Å². The van der Waals surface area contributed by atoms with Crippen molar-refractivity contribution in [2.75, 3.05) is 20.8 Å². The van der Waals surface area contributed by atoms with Crippen LogP contribution in [0.5, 0.6) is 11.5 Å². The van der Waals surface area contributed by atoms with Crippen LogP contribution in [-0.4, -0.2) is 34.7 Å². The molecule has 1 aliphatic carbocycles. The van der Waals surface area contributed by atoms with E-state index in [2.05, 4.69) is 4.72 Å². The Morgan fingerprint density at radius 3 is 2.41 bits per heavy atom. The summed E-state index contributed by atoms with van der Waals surface area (Å²) in [6.45, 7) is 2.10. The first-order valence-corrected chi connectivity index (χ1v) is 8.30. The monoisotopic (exact) mass is 350 g/mol. The van der Waals surface area contributed by atoms with Gasteiger partial charge >= 0.3 is 0 Å². The van der Waals surface area contributed by atoms with Crippen LogP contribution in [0.15, 0.2) is 23.1 Å². The van der Waals surface area contributed by atoms with Crippen molar-refractivity contribution in [3.8, 4) is 11.5 Å². The van der Waals surface area contributed by atoms with E-state index >= 15 is 0 Å². The van der Waals surface area contributed by atoms with Gasteiger partial charge in [-0.3, -0.25) is 0 Å². The van der Waals surface area contributed by atoms with Crippen LogP contribution in [0.4, 0.5) is 0 Å². The molecule has 0 radical (unpaired) electrons. The molecule has 3 N–H and O–H groups in total. The van der Waals surface area contributed by atoms with Crippen LogP contribution in [0.1, 0.15) is 19.8 Å². The topological polar surface area (TPSA) is 90.6 Å². The Bertz CT molecular complexity index is 619. The maximum Gasteiger partial charge on any atom is 0.244 e. The third-order valence-electron chi connectivity index (χ3n) is 3.93. The molecule has 0 spiro atoms. The van der Waals surface area contributed by atoms with E-state index in [9.17, 15) is 8.42 Å². The molecule has 0 saturated heterocycles. The van der Waals surface area contributed by atoms with E-state index in [1.54, 1.807) is 12.1 Å². The molecule has 1 saturated carbocycles. The minimum absolute atomic E-state index is 0. The van der Waals surface area contributed by atoms with E-state index in [1.165, 1.54) is 20.3 Å². The lowest BCUT2D eigenvalue weighted by atomic mass is 9.98. The predicted octanol–water partition coefficient (Wildman–Crippen LogP) is 1.53. The van der Waals surface area contributed by atoms with E-state index in [0.29, 0.717) is 5.75 Å². The smallest absolute Gasteiger partial charge is 0.244 e. The fourth-order valence-corrected chi connectivity index (χ4v) is 4.03. The number of nitrogens with two attached hydrogens (primary N) is 1. The van der Waals surface area contributed by atoms with Gasteiger partial charge in [0.15, 0.2) is 0 Å². The summed E-state index contributed by atoms with van der Waals surface area (Å²) < 4.78 is 38.3. The zero-order valence-corrected chi connectivity index (χ0v) is 14.6. The van der Waals surface area contributed by atoms with Crippen molar-refractivity contribution >= 4 is 22.4 Å². The first kappa shape index (κ1) is 19.0. The number of halogens is 1. The van der Waals surface area contributed by atoms with Crippen LogP contribution in [0, 0.1) is 5.92 Å². The fraction of sp³-hybridized carbons (Fsp3) is 0.571. The number of benzene rings is 1. The highest BCUT2D eigenvalue weighted by Gasteiger charge is 2.43. The van der Waals surface area contributed by atoms with Gasteiger partial charge in [-0.05, 0) is 37.8 Å². The summed E-state index contributed by atoms with van der Waals surface area (Å²) in [5.41, 5.74) is 5.14. The van der Waals surface area contributed by atoms with Gasteiger partial charge in [-0.1, -0.05) is 0 Å². The molecule has 6 nitrogen and oxygen atoms in total. The molecule has 1 atom stereocenters. The van der Waals surface area contributed by atoms with Crippen molar-refractivity contribution < 1.29 is 17.9 Å². The highest BCUT2D eigenvalue weighted by Crippen LogP contribution is 2.40.